The number of phenolic OH excluding ortho intramolecular Hbond substituents is 2. The van der Waals surface area contributed by atoms with E-state index in [4.69, 9.17) is 5.73 Å². The number of aliphatic carboxylic acids is 1. The fourth-order valence-electron chi connectivity index (χ4n) is 11.6. The summed E-state index contributed by atoms with van der Waals surface area (Å²) >= 11 is 0. The van der Waals surface area contributed by atoms with Crippen molar-refractivity contribution >= 4 is 5.97 Å². The molecule has 4 aromatic rings. The minimum atomic E-state index is -1.18. The van der Waals surface area contributed by atoms with Gasteiger partial charge < -0.3 is 46.7 Å². The van der Waals surface area contributed by atoms with Gasteiger partial charge in [-0.2, -0.15) is 0 Å². The van der Waals surface area contributed by atoms with Gasteiger partial charge in [-0.05, 0) is 128 Å². The average Bonchev–Trinajstić information content (AvgIpc) is 3.88. The summed E-state index contributed by atoms with van der Waals surface area (Å²) < 4.78 is 0. The number of allylic oxidation sites excluding steroid dienone is 3. The van der Waals surface area contributed by atoms with Crippen molar-refractivity contribution in [3.8, 4) is 33.9 Å². The number of hydrogen-bond acceptors (Lipinski definition) is 8. The SMILES string of the molecule is CCCCC[C@@H]1C=C[C@@H](CCCCC[C@H](C(=O)O)[C@H](O)CC[C@]2(O)C[C@H](CC3=CCNC(N)=C3)C[C@H]2Cc2cc(-c3ccccc3)c(-c3cc(O)cc(O)c3Cc3ccc(C(C)C)cc3)[nH]2)[C@H](O)C1. The lowest BCUT2D eigenvalue weighted by atomic mass is 9.80. The molecule has 1 saturated carbocycles. The van der Waals surface area contributed by atoms with Crippen LogP contribution in [0.1, 0.15) is 145 Å². The first-order chi connectivity index (χ1) is 33.2. The van der Waals surface area contributed by atoms with Gasteiger partial charge in [-0.1, -0.05) is 132 Å². The molecule has 0 spiro atoms. The van der Waals surface area contributed by atoms with E-state index in [1.54, 1.807) is 6.07 Å². The molecule has 0 saturated heterocycles. The van der Waals surface area contributed by atoms with Crippen LogP contribution in [-0.2, 0) is 17.6 Å². The van der Waals surface area contributed by atoms with E-state index in [-0.39, 0.29) is 48.2 Å². The molecule has 3 aliphatic rings. The van der Waals surface area contributed by atoms with E-state index in [0.717, 1.165) is 78.6 Å². The number of dihydropyridines is 1. The monoisotopic (exact) mass is 942 g/mol. The van der Waals surface area contributed by atoms with Gasteiger partial charge in [0.25, 0.3) is 0 Å². The highest BCUT2D eigenvalue weighted by atomic mass is 16.4. The number of hydrogen-bond donors (Lipinski definition) is 9. The second-order valence-corrected chi connectivity index (χ2v) is 21.1. The van der Waals surface area contributed by atoms with Gasteiger partial charge in [0.05, 0.1) is 35.2 Å². The maximum atomic E-state index is 12.8. The number of carbonyl (C=O) groups is 1. The average molecular weight is 942 g/mol. The zero-order valence-corrected chi connectivity index (χ0v) is 41.3. The van der Waals surface area contributed by atoms with Crippen LogP contribution in [-0.4, -0.2) is 65.9 Å². The minimum Gasteiger partial charge on any atom is -0.508 e. The Hall–Kier alpha value is -5.29. The van der Waals surface area contributed by atoms with Crippen molar-refractivity contribution in [2.75, 3.05) is 6.54 Å². The van der Waals surface area contributed by atoms with Crippen LogP contribution < -0.4 is 11.1 Å². The van der Waals surface area contributed by atoms with Gasteiger partial charge in [-0.15, -0.1) is 0 Å². The van der Waals surface area contributed by atoms with E-state index in [9.17, 15) is 35.4 Å². The van der Waals surface area contributed by atoms with Crippen LogP contribution in [0.5, 0.6) is 11.5 Å². The van der Waals surface area contributed by atoms with Crippen molar-refractivity contribution in [1.82, 2.24) is 10.3 Å². The Morgan fingerprint density at radius 2 is 1.65 bits per heavy atom. The van der Waals surface area contributed by atoms with Gasteiger partial charge in [0, 0.05) is 47.3 Å². The van der Waals surface area contributed by atoms with Crippen molar-refractivity contribution in [2.45, 2.75) is 154 Å². The van der Waals surface area contributed by atoms with E-state index >= 15 is 0 Å². The lowest BCUT2D eigenvalue weighted by molar-refractivity contribution is -0.146. The van der Waals surface area contributed by atoms with E-state index in [1.807, 2.05) is 36.4 Å². The Kier molecular flexibility index (Phi) is 17.9. The number of aromatic nitrogens is 1. The van der Waals surface area contributed by atoms with Crippen LogP contribution in [0.15, 0.2) is 108 Å². The third-order valence-electron chi connectivity index (χ3n) is 15.5. The zero-order valence-electron chi connectivity index (χ0n) is 41.3. The quantitative estimate of drug-likeness (QED) is 0.0243. The van der Waals surface area contributed by atoms with E-state index in [2.05, 4.69) is 79.6 Å². The Morgan fingerprint density at radius 1 is 0.884 bits per heavy atom. The number of H-pyrrole nitrogens is 1. The van der Waals surface area contributed by atoms with E-state index in [1.165, 1.54) is 30.9 Å². The zero-order chi connectivity index (χ0) is 49.1. The molecule has 3 aromatic carbocycles. The highest BCUT2D eigenvalue weighted by molar-refractivity contribution is 5.85. The van der Waals surface area contributed by atoms with Crippen LogP contribution in [0.25, 0.3) is 22.4 Å². The van der Waals surface area contributed by atoms with Crippen molar-refractivity contribution in [1.29, 1.82) is 0 Å². The summed E-state index contributed by atoms with van der Waals surface area (Å²) in [6, 6.07) is 23.7. The summed E-state index contributed by atoms with van der Waals surface area (Å²) in [5, 5.41) is 71.1. The summed E-state index contributed by atoms with van der Waals surface area (Å²) in [5.41, 5.74) is 13.2. The molecule has 1 aromatic heterocycles. The molecular formula is C59H79N3O7. The molecule has 372 valence electrons. The summed E-state index contributed by atoms with van der Waals surface area (Å²) in [5.74, 6) is -0.505. The number of aromatic hydroxyl groups is 2. The molecule has 1 fully saturated rings. The van der Waals surface area contributed by atoms with Gasteiger partial charge >= 0.3 is 5.97 Å². The molecule has 7 rings (SSSR count). The molecule has 0 amide bonds. The Morgan fingerprint density at radius 3 is 2.36 bits per heavy atom. The fraction of sp³-hybridized carbons (Fsp3) is 0.508. The molecule has 10 heteroatoms. The molecule has 2 heterocycles. The van der Waals surface area contributed by atoms with Crippen molar-refractivity contribution in [3.05, 3.63) is 131 Å². The predicted molar refractivity (Wildman–Crippen MR) is 277 cm³/mol. The molecule has 0 unspecified atom stereocenters. The molecule has 69 heavy (non-hydrogen) atoms. The molecule has 0 radical (unpaired) electrons. The molecule has 10 nitrogen and oxygen atoms in total. The Bertz CT molecular complexity index is 2390. The van der Waals surface area contributed by atoms with Gasteiger partial charge in [0.15, 0.2) is 0 Å². The third kappa shape index (κ3) is 13.7. The van der Waals surface area contributed by atoms with Crippen molar-refractivity contribution < 1.29 is 35.4 Å². The second kappa shape index (κ2) is 24.0. The highest BCUT2D eigenvalue weighted by Gasteiger charge is 2.46. The second-order valence-electron chi connectivity index (χ2n) is 21.1. The number of carboxylic acid groups (broad SMARTS) is 1. The van der Waals surface area contributed by atoms with E-state index in [0.29, 0.717) is 67.4 Å². The smallest absolute Gasteiger partial charge is 0.309 e. The molecule has 10 N–H and O–H groups in total. The number of aliphatic hydroxyl groups excluding tert-OH is 2. The summed E-state index contributed by atoms with van der Waals surface area (Å²) in [6.07, 6.45) is 19.6. The maximum absolute atomic E-state index is 12.8. The maximum Gasteiger partial charge on any atom is 0.309 e. The number of aromatic amines is 1. The number of benzene rings is 3. The number of nitrogens with two attached hydrogens (primary N) is 1. The molecule has 8 atom stereocenters. The number of aliphatic hydroxyl groups is 3. The Balaban J connectivity index is 1.08. The molecule has 2 aliphatic carbocycles. The van der Waals surface area contributed by atoms with E-state index < -0.39 is 23.6 Å². The van der Waals surface area contributed by atoms with Gasteiger partial charge in [0.2, 0.25) is 0 Å². The van der Waals surface area contributed by atoms with Gasteiger partial charge in [0.1, 0.15) is 11.5 Å². The first-order valence-electron chi connectivity index (χ1n) is 26.0. The number of rotatable bonds is 24. The van der Waals surface area contributed by atoms with Crippen LogP contribution in [0.3, 0.4) is 0 Å². The predicted octanol–water partition coefficient (Wildman–Crippen LogP) is 11.4. The number of carboxylic acids is 1. The standard InChI is InChI=1S/C59H79N3O7/c1-4-5-8-13-39-20-23-45(54(65)31-39)16-11-7-12-17-49(58(67)68)53(64)24-26-59(69)37-42(28-41-25-27-61-56(60)32-41)29-46(59)33-47-34-50(44-14-9-6-10-15-44)57(62-47)52-35-48(63)36-55(66)51(52)30-40-18-21-43(22-19-40)38(2)3/h6,9-10,14-15,18-23,25,32,34-36,38-39,42,45-46,49,53-54,61-66,69H,4-5,7-8,11-13,16-17,24,26-31,33,37,60H2,1-3H3,(H,67,68)/t39-,42-,45-,46+,49+,53-,54-,59+/m1/s1. The molecule has 0 bridgehead atoms. The van der Waals surface area contributed by atoms with Gasteiger partial charge in [-0.25, -0.2) is 0 Å². The summed E-state index contributed by atoms with van der Waals surface area (Å²) in [7, 11) is 0. The van der Waals surface area contributed by atoms with Gasteiger partial charge in [-0.3, -0.25) is 4.79 Å². The third-order valence-corrected chi connectivity index (χ3v) is 15.5. The van der Waals surface area contributed by atoms with Crippen molar-refractivity contribution in [2.24, 2.45) is 35.3 Å². The lowest BCUT2D eigenvalue weighted by Gasteiger charge is -2.32. The molecule has 1 aliphatic heterocycles. The number of unbranched alkanes of at least 4 members (excludes halogenated alkanes) is 4. The van der Waals surface area contributed by atoms with Crippen molar-refractivity contribution in [3.63, 3.8) is 0 Å². The highest BCUT2D eigenvalue weighted by Crippen LogP contribution is 2.48. The minimum absolute atomic E-state index is 0.00373. The number of nitrogens with one attached hydrogen (secondary N) is 2. The first-order valence-corrected chi connectivity index (χ1v) is 26.0. The van der Waals surface area contributed by atoms with Crippen LogP contribution >= 0.6 is 0 Å². The van der Waals surface area contributed by atoms with Crippen LogP contribution in [0.2, 0.25) is 0 Å². The molecular weight excluding hydrogens is 863 g/mol. The summed E-state index contributed by atoms with van der Waals surface area (Å²) in [6.45, 7) is 7.17. The normalized spacial score (nSPS) is 23.4. The summed E-state index contributed by atoms with van der Waals surface area (Å²) in [4.78, 5) is 16.4. The van der Waals surface area contributed by atoms with Crippen LogP contribution in [0, 0.1) is 29.6 Å². The topological polar surface area (TPSA) is 192 Å². The fourth-order valence-corrected chi connectivity index (χ4v) is 11.6. The largest absolute Gasteiger partial charge is 0.508 e. The van der Waals surface area contributed by atoms with Crippen LogP contribution in [0.4, 0.5) is 0 Å². The first kappa shape index (κ1) is 51.6. The Labute approximate surface area is 410 Å². The number of phenols is 2. The lowest BCUT2D eigenvalue weighted by Crippen LogP contribution is -2.37.